The second-order valence-corrected chi connectivity index (χ2v) is 6.28. The van der Waals surface area contributed by atoms with Crippen LogP contribution in [0.2, 0.25) is 0 Å². The molecule has 2 nitrogen and oxygen atoms in total. The molecule has 1 rings (SSSR count). The largest absolute Gasteiger partial charge is 0.441 e. The van der Waals surface area contributed by atoms with Gasteiger partial charge in [-0.2, -0.15) is 13.2 Å². The van der Waals surface area contributed by atoms with Crippen LogP contribution in [0.1, 0.15) is 0 Å². The zero-order valence-electron chi connectivity index (χ0n) is 8.37. The molecule has 0 heterocycles. The van der Waals surface area contributed by atoms with Crippen molar-refractivity contribution in [2.45, 2.75) is 10.4 Å². The first-order chi connectivity index (χ1) is 7.72. The Bertz CT molecular complexity index is 482. The molecule has 0 bridgehead atoms. The van der Waals surface area contributed by atoms with Crippen molar-refractivity contribution < 1.29 is 26.0 Å². The predicted molar refractivity (Wildman–Crippen MR) is 57.0 cm³/mol. The maximum absolute atomic E-state index is 13.1. The fourth-order valence-corrected chi connectivity index (χ4v) is 3.39. The minimum absolute atomic E-state index is 0.441. The summed E-state index contributed by atoms with van der Waals surface area (Å²) in [5, 5.41) is 0. The van der Waals surface area contributed by atoms with Gasteiger partial charge in [0.15, 0.2) is 9.84 Å². The van der Waals surface area contributed by atoms with Crippen LogP contribution >= 0.6 is 11.8 Å². The molecule has 0 fully saturated rings. The first kappa shape index (κ1) is 14.3. The van der Waals surface area contributed by atoms with E-state index >= 15 is 0 Å². The van der Waals surface area contributed by atoms with Crippen LogP contribution in [0, 0.1) is 5.82 Å². The fraction of sp³-hybridized carbons (Fsp3) is 0.333. The Morgan fingerprint density at radius 2 is 1.76 bits per heavy atom. The molecule has 17 heavy (non-hydrogen) atoms. The number of thioether (sulfide) groups is 1. The van der Waals surface area contributed by atoms with E-state index in [1.165, 1.54) is 12.1 Å². The van der Waals surface area contributed by atoms with E-state index in [1.807, 2.05) is 0 Å². The Morgan fingerprint density at radius 3 is 2.29 bits per heavy atom. The van der Waals surface area contributed by atoms with Crippen molar-refractivity contribution in [2.75, 3.05) is 11.5 Å². The molecular formula is C9H8F4O2S2. The number of rotatable bonds is 4. The number of benzene rings is 1. The van der Waals surface area contributed by atoms with Crippen LogP contribution in [0.4, 0.5) is 17.6 Å². The maximum Gasteiger partial charge on any atom is 0.441 e. The van der Waals surface area contributed by atoms with E-state index in [-0.39, 0.29) is 0 Å². The van der Waals surface area contributed by atoms with Gasteiger partial charge in [-0.3, -0.25) is 0 Å². The highest BCUT2D eigenvalue weighted by Crippen LogP contribution is 2.30. The number of sulfone groups is 1. The van der Waals surface area contributed by atoms with Gasteiger partial charge in [0.2, 0.25) is 0 Å². The van der Waals surface area contributed by atoms with Crippen molar-refractivity contribution in [3.8, 4) is 0 Å². The minimum Gasteiger partial charge on any atom is -0.224 e. The van der Waals surface area contributed by atoms with Gasteiger partial charge in [0, 0.05) is 5.75 Å². The highest BCUT2D eigenvalue weighted by molar-refractivity contribution is 8.01. The molecule has 8 heteroatoms. The Hall–Kier alpha value is -0.760. The standard InChI is InChI=1S/C9H8F4O2S2/c10-7-3-1-2-4-8(7)17(14,15)6-5-16-9(11,12)13/h1-4H,5-6H2. The average molecular weight is 288 g/mol. The molecule has 0 radical (unpaired) electrons. The average Bonchev–Trinajstić information content (AvgIpc) is 2.15. The zero-order chi connectivity index (χ0) is 13.1. The molecule has 0 amide bonds. The van der Waals surface area contributed by atoms with Gasteiger partial charge in [-0.25, -0.2) is 12.8 Å². The lowest BCUT2D eigenvalue weighted by Crippen LogP contribution is -2.13. The number of hydrogen-bond acceptors (Lipinski definition) is 3. The highest BCUT2D eigenvalue weighted by Gasteiger charge is 2.29. The SMILES string of the molecule is O=S(=O)(CCSC(F)(F)F)c1ccccc1F. The molecule has 0 N–H and O–H groups in total. The van der Waals surface area contributed by atoms with Crippen molar-refractivity contribution in [1.82, 2.24) is 0 Å². The third-order valence-electron chi connectivity index (χ3n) is 1.79. The molecule has 0 saturated carbocycles. The summed E-state index contributed by atoms with van der Waals surface area (Å²) in [5.41, 5.74) is -4.48. The summed E-state index contributed by atoms with van der Waals surface area (Å²) in [6, 6.07) is 4.60. The lowest BCUT2D eigenvalue weighted by Gasteiger charge is -2.07. The number of halogens is 4. The van der Waals surface area contributed by atoms with Crippen LogP contribution in [0.25, 0.3) is 0 Å². The summed E-state index contributed by atoms with van der Waals surface area (Å²) < 4.78 is 71.6. The van der Waals surface area contributed by atoms with E-state index in [0.29, 0.717) is 0 Å². The molecule has 1 aromatic carbocycles. The topological polar surface area (TPSA) is 34.1 Å². The summed E-state index contributed by atoms with van der Waals surface area (Å²) in [6.07, 6.45) is 0. The summed E-state index contributed by atoms with van der Waals surface area (Å²) in [7, 11) is -4.01. The first-order valence-electron chi connectivity index (χ1n) is 4.40. The molecular weight excluding hydrogens is 280 g/mol. The van der Waals surface area contributed by atoms with Gasteiger partial charge in [0.05, 0.1) is 5.75 Å². The minimum atomic E-state index is -4.48. The van der Waals surface area contributed by atoms with Gasteiger partial charge < -0.3 is 0 Å². The van der Waals surface area contributed by atoms with Gasteiger partial charge in [0.25, 0.3) is 0 Å². The third-order valence-corrected chi connectivity index (χ3v) is 4.53. The molecule has 0 saturated heterocycles. The van der Waals surface area contributed by atoms with Gasteiger partial charge in [-0.05, 0) is 23.9 Å². The number of alkyl halides is 3. The van der Waals surface area contributed by atoms with E-state index in [2.05, 4.69) is 0 Å². The van der Waals surface area contributed by atoms with Crippen molar-refractivity contribution in [3.63, 3.8) is 0 Å². The molecule has 0 aliphatic carbocycles. The van der Waals surface area contributed by atoms with Crippen LogP contribution in [0.3, 0.4) is 0 Å². The Kier molecular flexibility index (Phi) is 4.42. The van der Waals surface area contributed by atoms with Gasteiger partial charge in [-0.1, -0.05) is 12.1 Å². The van der Waals surface area contributed by atoms with E-state index in [9.17, 15) is 26.0 Å². The van der Waals surface area contributed by atoms with Gasteiger partial charge >= 0.3 is 5.51 Å². The zero-order valence-corrected chi connectivity index (χ0v) is 10.0. The lowest BCUT2D eigenvalue weighted by atomic mass is 10.3. The monoisotopic (exact) mass is 288 g/mol. The van der Waals surface area contributed by atoms with E-state index < -0.39 is 49.3 Å². The van der Waals surface area contributed by atoms with E-state index in [1.54, 1.807) is 0 Å². The van der Waals surface area contributed by atoms with E-state index in [0.717, 1.165) is 12.1 Å². The van der Waals surface area contributed by atoms with Crippen LogP contribution in [0.5, 0.6) is 0 Å². The normalized spacial score (nSPS) is 12.7. The van der Waals surface area contributed by atoms with Crippen LogP contribution in [-0.4, -0.2) is 25.4 Å². The van der Waals surface area contributed by atoms with Crippen molar-refractivity contribution >= 4 is 21.6 Å². The lowest BCUT2D eigenvalue weighted by molar-refractivity contribution is -0.0326. The summed E-state index contributed by atoms with van der Waals surface area (Å²) in [4.78, 5) is -0.567. The van der Waals surface area contributed by atoms with E-state index in [4.69, 9.17) is 0 Å². The molecule has 0 spiro atoms. The molecule has 0 aromatic heterocycles. The van der Waals surface area contributed by atoms with Crippen LogP contribution in [-0.2, 0) is 9.84 Å². The second kappa shape index (κ2) is 5.26. The predicted octanol–water partition coefficient (Wildman–Crippen LogP) is 2.85. The quantitative estimate of drug-likeness (QED) is 0.799. The molecule has 1 aromatic rings. The first-order valence-corrected chi connectivity index (χ1v) is 7.04. The number of hydrogen-bond donors (Lipinski definition) is 0. The smallest absolute Gasteiger partial charge is 0.224 e. The molecule has 0 aliphatic rings. The van der Waals surface area contributed by atoms with Crippen molar-refractivity contribution in [3.05, 3.63) is 30.1 Å². The van der Waals surface area contributed by atoms with Crippen LogP contribution < -0.4 is 0 Å². The highest BCUT2D eigenvalue weighted by atomic mass is 32.2. The summed E-state index contributed by atoms with van der Waals surface area (Å²) >= 11 is -0.441. The third kappa shape index (κ3) is 4.55. The Labute approximate surface area is 99.9 Å². The second-order valence-electron chi connectivity index (χ2n) is 3.04. The van der Waals surface area contributed by atoms with Crippen molar-refractivity contribution in [2.24, 2.45) is 0 Å². The Balaban J connectivity index is 2.74. The fourth-order valence-electron chi connectivity index (χ4n) is 1.07. The molecule has 0 aliphatic heterocycles. The molecule has 0 unspecified atom stereocenters. The maximum atomic E-state index is 13.1. The Morgan fingerprint density at radius 1 is 1.18 bits per heavy atom. The summed E-state index contributed by atoms with van der Waals surface area (Å²) in [5.74, 6) is -2.36. The summed E-state index contributed by atoms with van der Waals surface area (Å²) in [6.45, 7) is 0. The molecule has 96 valence electrons. The van der Waals surface area contributed by atoms with Crippen molar-refractivity contribution in [1.29, 1.82) is 0 Å². The molecule has 0 atom stereocenters. The van der Waals surface area contributed by atoms with Crippen LogP contribution in [0.15, 0.2) is 29.2 Å². The van der Waals surface area contributed by atoms with Gasteiger partial charge in [-0.15, -0.1) is 0 Å². The van der Waals surface area contributed by atoms with Gasteiger partial charge in [0.1, 0.15) is 10.7 Å².